The number of nitrogens with one attached hydrogen (secondary N) is 1. The fourth-order valence-corrected chi connectivity index (χ4v) is 2.46. The lowest BCUT2D eigenvalue weighted by molar-refractivity contribution is -0.141. The number of thioether (sulfide) groups is 1. The van der Waals surface area contributed by atoms with E-state index in [2.05, 4.69) is 10.1 Å². The molecule has 1 amide bonds. The fraction of sp³-hybridized carbons (Fsp3) is 0.385. The van der Waals surface area contributed by atoms with Crippen LogP contribution in [0.5, 0.6) is 5.75 Å². The van der Waals surface area contributed by atoms with Crippen molar-refractivity contribution in [2.45, 2.75) is 6.04 Å². The van der Waals surface area contributed by atoms with E-state index >= 15 is 0 Å². The summed E-state index contributed by atoms with van der Waals surface area (Å²) in [6.07, 6.45) is 0. The van der Waals surface area contributed by atoms with Crippen molar-refractivity contribution >= 4 is 40.9 Å². The summed E-state index contributed by atoms with van der Waals surface area (Å²) in [7, 11) is 2.79. The zero-order chi connectivity index (χ0) is 15.8. The highest BCUT2D eigenvalue weighted by Gasteiger charge is 2.14. The number of ether oxygens (including phenoxy) is 2. The largest absolute Gasteiger partial charge is 0.495 e. The number of hydrogen-bond acceptors (Lipinski definition) is 6. The molecule has 0 saturated carbocycles. The zero-order valence-electron chi connectivity index (χ0n) is 11.7. The highest BCUT2D eigenvalue weighted by Crippen LogP contribution is 2.27. The smallest absolute Gasteiger partial charge is 0.323 e. The van der Waals surface area contributed by atoms with Crippen molar-refractivity contribution in [2.75, 3.05) is 31.0 Å². The molecule has 0 saturated heterocycles. The molecule has 21 heavy (non-hydrogen) atoms. The topological polar surface area (TPSA) is 90.7 Å². The number of carbonyl (C=O) groups excluding carboxylic acids is 2. The predicted molar refractivity (Wildman–Crippen MR) is 84.0 cm³/mol. The lowest BCUT2D eigenvalue weighted by Gasteiger charge is -2.10. The van der Waals surface area contributed by atoms with Gasteiger partial charge in [0.05, 0.1) is 25.0 Å². The van der Waals surface area contributed by atoms with Crippen LogP contribution in [0.15, 0.2) is 18.2 Å². The monoisotopic (exact) mass is 332 g/mol. The van der Waals surface area contributed by atoms with Gasteiger partial charge in [0.25, 0.3) is 0 Å². The van der Waals surface area contributed by atoms with Crippen molar-refractivity contribution in [1.82, 2.24) is 0 Å². The van der Waals surface area contributed by atoms with Gasteiger partial charge in [-0.2, -0.15) is 0 Å². The maximum absolute atomic E-state index is 11.7. The molecule has 0 fully saturated rings. The molecule has 0 spiro atoms. The third kappa shape index (κ3) is 5.82. The van der Waals surface area contributed by atoms with Crippen LogP contribution in [0.3, 0.4) is 0 Å². The van der Waals surface area contributed by atoms with Crippen LogP contribution >= 0.6 is 23.4 Å². The van der Waals surface area contributed by atoms with Gasteiger partial charge in [0.15, 0.2) is 0 Å². The van der Waals surface area contributed by atoms with Gasteiger partial charge in [-0.3, -0.25) is 9.59 Å². The third-order valence-electron chi connectivity index (χ3n) is 2.47. The highest BCUT2D eigenvalue weighted by atomic mass is 35.5. The molecule has 1 aromatic rings. The first-order valence-electron chi connectivity index (χ1n) is 6.02. The second-order valence-electron chi connectivity index (χ2n) is 4.04. The minimum Gasteiger partial charge on any atom is -0.495 e. The Labute approximate surface area is 132 Å². The van der Waals surface area contributed by atoms with Crippen molar-refractivity contribution in [3.8, 4) is 5.75 Å². The summed E-state index contributed by atoms with van der Waals surface area (Å²) < 4.78 is 9.52. The number of hydrogen-bond donors (Lipinski definition) is 2. The van der Waals surface area contributed by atoms with Crippen LogP contribution < -0.4 is 15.8 Å². The summed E-state index contributed by atoms with van der Waals surface area (Å²) in [5.74, 6) is 0.314. The van der Waals surface area contributed by atoms with Crippen LogP contribution in [0.4, 0.5) is 5.69 Å². The van der Waals surface area contributed by atoms with E-state index in [1.54, 1.807) is 18.2 Å². The molecule has 1 rings (SSSR count). The number of rotatable bonds is 7. The minimum atomic E-state index is -0.733. The number of anilines is 1. The lowest BCUT2D eigenvalue weighted by atomic mass is 10.3. The van der Waals surface area contributed by atoms with Crippen molar-refractivity contribution in [2.24, 2.45) is 5.73 Å². The number of methoxy groups -OCH3 is 2. The van der Waals surface area contributed by atoms with Gasteiger partial charge in [0.2, 0.25) is 5.91 Å². The van der Waals surface area contributed by atoms with Crippen LogP contribution in [0.2, 0.25) is 5.02 Å². The first-order chi connectivity index (χ1) is 9.97. The first kappa shape index (κ1) is 17.6. The maximum Gasteiger partial charge on any atom is 0.323 e. The molecular weight excluding hydrogens is 316 g/mol. The number of esters is 1. The van der Waals surface area contributed by atoms with Gasteiger partial charge in [-0.15, -0.1) is 11.8 Å². The van der Waals surface area contributed by atoms with Crippen molar-refractivity contribution in [3.63, 3.8) is 0 Å². The lowest BCUT2D eigenvalue weighted by Crippen LogP contribution is -2.34. The summed E-state index contributed by atoms with van der Waals surface area (Å²) in [5, 5.41) is 3.11. The second kappa shape index (κ2) is 8.76. The van der Waals surface area contributed by atoms with Gasteiger partial charge in [-0.25, -0.2) is 0 Å². The molecule has 116 valence electrons. The molecule has 1 atom stereocenters. The zero-order valence-corrected chi connectivity index (χ0v) is 13.3. The number of halogens is 1. The molecule has 8 heteroatoms. The van der Waals surface area contributed by atoms with Crippen LogP contribution in [0.1, 0.15) is 0 Å². The Morgan fingerprint density at radius 2 is 2.14 bits per heavy atom. The molecule has 0 aliphatic carbocycles. The predicted octanol–water partition coefficient (Wildman–Crippen LogP) is 1.52. The molecule has 1 aromatic carbocycles. The normalized spacial score (nSPS) is 11.6. The minimum absolute atomic E-state index is 0.175. The number of benzene rings is 1. The molecule has 0 aliphatic heterocycles. The van der Waals surface area contributed by atoms with Crippen LogP contribution in [-0.2, 0) is 14.3 Å². The average molecular weight is 333 g/mol. The Hall–Kier alpha value is -1.44. The molecule has 0 aromatic heterocycles. The van der Waals surface area contributed by atoms with E-state index in [9.17, 15) is 9.59 Å². The molecule has 0 aliphatic rings. The van der Waals surface area contributed by atoms with Crippen LogP contribution in [0.25, 0.3) is 0 Å². The quantitative estimate of drug-likeness (QED) is 0.736. The Bertz CT molecular complexity index is 513. The highest BCUT2D eigenvalue weighted by molar-refractivity contribution is 8.00. The fourth-order valence-electron chi connectivity index (χ4n) is 1.44. The summed E-state index contributed by atoms with van der Waals surface area (Å²) in [6, 6.07) is 4.22. The molecule has 0 radical (unpaired) electrons. The Balaban J connectivity index is 2.40. The molecule has 0 heterocycles. The SMILES string of the molecule is COC(=O)C(N)CSCC(=O)Nc1ccc(OC)c(Cl)c1. The van der Waals surface area contributed by atoms with Crippen molar-refractivity contribution in [1.29, 1.82) is 0 Å². The van der Waals surface area contributed by atoms with Crippen LogP contribution in [-0.4, -0.2) is 43.6 Å². The van der Waals surface area contributed by atoms with Crippen molar-refractivity contribution < 1.29 is 19.1 Å². The number of nitrogens with two attached hydrogens (primary N) is 1. The van der Waals surface area contributed by atoms with Gasteiger partial charge in [-0.1, -0.05) is 11.6 Å². The number of carbonyl (C=O) groups is 2. The maximum atomic E-state index is 11.7. The summed E-state index contributed by atoms with van der Waals surface area (Å²) >= 11 is 7.21. The molecule has 6 nitrogen and oxygen atoms in total. The van der Waals surface area contributed by atoms with Crippen LogP contribution in [0, 0.1) is 0 Å². The van der Waals surface area contributed by atoms with Crippen molar-refractivity contribution in [3.05, 3.63) is 23.2 Å². The van der Waals surface area contributed by atoms with E-state index in [-0.39, 0.29) is 11.7 Å². The third-order valence-corrected chi connectivity index (χ3v) is 3.83. The molecular formula is C13H17ClN2O4S. The van der Waals surface area contributed by atoms with E-state index in [1.807, 2.05) is 0 Å². The summed E-state index contributed by atoms with van der Waals surface area (Å²) in [5.41, 5.74) is 6.13. The Morgan fingerprint density at radius 1 is 1.43 bits per heavy atom. The van der Waals surface area contributed by atoms with E-state index < -0.39 is 12.0 Å². The van der Waals surface area contributed by atoms with Gasteiger partial charge < -0.3 is 20.5 Å². The van der Waals surface area contributed by atoms with Gasteiger partial charge >= 0.3 is 5.97 Å². The second-order valence-corrected chi connectivity index (χ2v) is 5.48. The van der Waals surface area contributed by atoms with E-state index in [1.165, 1.54) is 26.0 Å². The van der Waals surface area contributed by atoms with Gasteiger partial charge in [-0.05, 0) is 18.2 Å². The number of amides is 1. The average Bonchev–Trinajstić information content (AvgIpc) is 2.46. The van der Waals surface area contributed by atoms with E-state index in [0.717, 1.165) is 0 Å². The summed E-state index contributed by atoms with van der Waals surface area (Å²) in [6.45, 7) is 0. The van der Waals surface area contributed by atoms with Gasteiger partial charge in [0.1, 0.15) is 11.8 Å². The van der Waals surface area contributed by atoms with E-state index in [0.29, 0.717) is 22.2 Å². The first-order valence-corrected chi connectivity index (χ1v) is 7.55. The summed E-state index contributed by atoms with van der Waals surface area (Å²) in [4.78, 5) is 22.8. The Morgan fingerprint density at radius 3 is 2.71 bits per heavy atom. The standard InChI is InChI=1S/C13H17ClN2O4S/c1-19-11-4-3-8(5-9(11)14)16-12(17)7-21-6-10(15)13(18)20-2/h3-5,10H,6-7,15H2,1-2H3,(H,16,17). The molecule has 1 unspecified atom stereocenters. The molecule has 3 N–H and O–H groups in total. The van der Waals surface area contributed by atoms with Gasteiger partial charge in [0, 0.05) is 11.4 Å². The molecule has 0 bridgehead atoms. The van der Waals surface area contributed by atoms with E-state index in [4.69, 9.17) is 22.1 Å². The Kier molecular flexibility index (Phi) is 7.35.